The number of nitrogens with zero attached hydrogens (tertiary/aromatic N) is 4. The van der Waals surface area contributed by atoms with Crippen molar-refractivity contribution in [3.05, 3.63) is 71.3 Å². The summed E-state index contributed by atoms with van der Waals surface area (Å²) in [6.45, 7) is 1.76. The Labute approximate surface area is 164 Å². The Morgan fingerprint density at radius 1 is 1.14 bits per heavy atom. The molecule has 2 N–H and O–H groups in total. The standard InChI is InChI=1S/C19H16N6O2S/c1-12(16(26)22-13-7-3-2-4-8-13)28-19-23-15-10-6-5-9-14(15)17(27)25(19)18-20-11-21-24-18/h2-12H,1H3,(H,22,26)(H,20,21,24)/t12-/m0/s1. The molecule has 28 heavy (non-hydrogen) atoms. The molecule has 140 valence electrons. The summed E-state index contributed by atoms with van der Waals surface area (Å²) >= 11 is 1.18. The number of amides is 1. The number of hydrogen-bond donors (Lipinski definition) is 2. The molecule has 0 radical (unpaired) electrons. The number of fused-ring (bicyclic) bond motifs is 1. The van der Waals surface area contributed by atoms with Crippen LogP contribution in [0.25, 0.3) is 16.9 Å². The number of carbonyl (C=O) groups excluding carboxylic acids is 1. The van der Waals surface area contributed by atoms with Crippen LogP contribution in [0, 0.1) is 0 Å². The van der Waals surface area contributed by atoms with Gasteiger partial charge in [0.05, 0.1) is 16.2 Å². The van der Waals surface area contributed by atoms with E-state index in [1.54, 1.807) is 25.1 Å². The van der Waals surface area contributed by atoms with Gasteiger partial charge in [0.2, 0.25) is 11.9 Å². The molecule has 0 bridgehead atoms. The number of para-hydroxylation sites is 2. The molecule has 0 saturated heterocycles. The Morgan fingerprint density at radius 3 is 2.64 bits per heavy atom. The molecule has 1 atom stereocenters. The van der Waals surface area contributed by atoms with Crippen molar-refractivity contribution in [3.63, 3.8) is 0 Å². The number of aromatic amines is 1. The van der Waals surface area contributed by atoms with Crippen LogP contribution in [0.4, 0.5) is 5.69 Å². The van der Waals surface area contributed by atoms with Crippen LogP contribution < -0.4 is 10.9 Å². The van der Waals surface area contributed by atoms with E-state index in [1.165, 1.54) is 22.7 Å². The molecule has 2 heterocycles. The van der Waals surface area contributed by atoms with E-state index < -0.39 is 5.25 Å². The summed E-state index contributed by atoms with van der Waals surface area (Å²) in [4.78, 5) is 34.2. The van der Waals surface area contributed by atoms with Crippen molar-refractivity contribution in [3.8, 4) is 5.95 Å². The van der Waals surface area contributed by atoms with E-state index >= 15 is 0 Å². The monoisotopic (exact) mass is 392 g/mol. The summed E-state index contributed by atoms with van der Waals surface area (Å²) in [5, 5.41) is 9.69. The molecule has 0 aliphatic heterocycles. The average molecular weight is 392 g/mol. The average Bonchev–Trinajstić information content (AvgIpc) is 3.23. The molecular formula is C19H16N6O2S. The van der Waals surface area contributed by atoms with Gasteiger partial charge in [-0.2, -0.15) is 10.1 Å². The first-order valence-corrected chi connectivity index (χ1v) is 9.41. The third-order valence-electron chi connectivity index (χ3n) is 4.05. The molecule has 9 heteroatoms. The molecular weight excluding hydrogens is 376 g/mol. The number of H-pyrrole nitrogens is 1. The van der Waals surface area contributed by atoms with Crippen LogP contribution in [0.15, 0.2) is 70.9 Å². The summed E-state index contributed by atoms with van der Waals surface area (Å²) in [6.07, 6.45) is 1.32. The van der Waals surface area contributed by atoms with E-state index in [4.69, 9.17) is 0 Å². The molecule has 0 saturated carbocycles. The maximum Gasteiger partial charge on any atom is 0.269 e. The van der Waals surface area contributed by atoms with Gasteiger partial charge in [-0.3, -0.25) is 9.59 Å². The van der Waals surface area contributed by atoms with Gasteiger partial charge in [0.15, 0.2) is 5.16 Å². The van der Waals surface area contributed by atoms with Crippen molar-refractivity contribution >= 4 is 34.3 Å². The Bertz CT molecular complexity index is 1170. The van der Waals surface area contributed by atoms with Crippen molar-refractivity contribution < 1.29 is 4.79 Å². The quantitative estimate of drug-likeness (QED) is 0.400. The minimum Gasteiger partial charge on any atom is -0.325 e. The summed E-state index contributed by atoms with van der Waals surface area (Å²) in [5.74, 6) is 0.0594. The van der Waals surface area contributed by atoms with Gasteiger partial charge >= 0.3 is 0 Å². The van der Waals surface area contributed by atoms with Crippen LogP contribution in [0.3, 0.4) is 0 Å². The second kappa shape index (κ2) is 7.65. The lowest BCUT2D eigenvalue weighted by molar-refractivity contribution is -0.115. The smallest absolute Gasteiger partial charge is 0.269 e. The van der Waals surface area contributed by atoms with E-state index in [2.05, 4.69) is 25.5 Å². The minimum atomic E-state index is -0.498. The summed E-state index contributed by atoms with van der Waals surface area (Å²) in [7, 11) is 0. The van der Waals surface area contributed by atoms with Crippen molar-refractivity contribution in [2.75, 3.05) is 5.32 Å². The van der Waals surface area contributed by atoms with Gasteiger partial charge < -0.3 is 5.32 Å². The lowest BCUT2D eigenvalue weighted by atomic mass is 10.2. The molecule has 2 aromatic heterocycles. The zero-order chi connectivity index (χ0) is 19.5. The van der Waals surface area contributed by atoms with Gasteiger partial charge in [-0.15, -0.1) is 0 Å². The predicted molar refractivity (Wildman–Crippen MR) is 108 cm³/mol. The van der Waals surface area contributed by atoms with Gasteiger partial charge in [0.1, 0.15) is 6.33 Å². The third-order valence-corrected chi connectivity index (χ3v) is 5.10. The Morgan fingerprint density at radius 2 is 1.89 bits per heavy atom. The first kappa shape index (κ1) is 17.9. The van der Waals surface area contributed by atoms with Crippen molar-refractivity contribution in [1.82, 2.24) is 24.7 Å². The van der Waals surface area contributed by atoms with E-state index in [0.717, 1.165) is 0 Å². The number of rotatable bonds is 5. The predicted octanol–water partition coefficient (Wildman–Crippen LogP) is 2.62. The number of nitrogens with one attached hydrogen (secondary N) is 2. The van der Waals surface area contributed by atoms with Gasteiger partial charge in [-0.25, -0.2) is 14.6 Å². The fraction of sp³-hybridized carbons (Fsp3) is 0.105. The number of hydrogen-bond acceptors (Lipinski definition) is 6. The highest BCUT2D eigenvalue weighted by molar-refractivity contribution is 8.00. The van der Waals surface area contributed by atoms with E-state index in [0.29, 0.717) is 21.7 Å². The van der Waals surface area contributed by atoms with Crippen LogP contribution in [0.2, 0.25) is 0 Å². The van der Waals surface area contributed by atoms with Crippen molar-refractivity contribution in [2.45, 2.75) is 17.3 Å². The van der Waals surface area contributed by atoms with Crippen LogP contribution >= 0.6 is 11.8 Å². The first-order chi connectivity index (χ1) is 13.6. The van der Waals surface area contributed by atoms with Gasteiger partial charge in [-0.05, 0) is 31.2 Å². The third kappa shape index (κ3) is 3.52. The number of benzene rings is 2. The number of anilines is 1. The Hall–Kier alpha value is -3.46. The second-order valence-electron chi connectivity index (χ2n) is 5.98. The summed E-state index contributed by atoms with van der Waals surface area (Å²) < 4.78 is 1.34. The molecule has 0 aliphatic rings. The summed E-state index contributed by atoms with van der Waals surface area (Å²) in [6, 6.07) is 16.3. The van der Waals surface area contributed by atoms with Crippen molar-refractivity contribution in [1.29, 1.82) is 0 Å². The lowest BCUT2D eigenvalue weighted by Crippen LogP contribution is -2.26. The van der Waals surface area contributed by atoms with E-state index in [-0.39, 0.29) is 17.4 Å². The largest absolute Gasteiger partial charge is 0.325 e. The Kier molecular flexibility index (Phi) is 4.90. The molecule has 8 nitrogen and oxygen atoms in total. The highest BCUT2D eigenvalue weighted by Crippen LogP contribution is 2.24. The number of thioether (sulfide) groups is 1. The molecule has 4 rings (SSSR count). The molecule has 1 amide bonds. The SMILES string of the molecule is C[C@H](Sc1nc2ccccc2c(=O)n1-c1ncn[nH]1)C(=O)Nc1ccccc1. The second-order valence-corrected chi connectivity index (χ2v) is 7.28. The molecule has 2 aromatic carbocycles. The zero-order valence-electron chi connectivity index (χ0n) is 14.9. The maximum atomic E-state index is 13.0. The van der Waals surface area contributed by atoms with Crippen LogP contribution in [0.5, 0.6) is 0 Å². The minimum absolute atomic E-state index is 0.192. The number of aromatic nitrogens is 5. The van der Waals surface area contributed by atoms with Crippen LogP contribution in [-0.4, -0.2) is 35.9 Å². The number of carbonyl (C=O) groups is 1. The first-order valence-electron chi connectivity index (χ1n) is 8.53. The highest BCUT2D eigenvalue weighted by atomic mass is 32.2. The molecule has 0 fully saturated rings. The van der Waals surface area contributed by atoms with Gasteiger partial charge in [-0.1, -0.05) is 42.1 Å². The molecule has 4 aromatic rings. The fourth-order valence-corrected chi connectivity index (χ4v) is 3.57. The lowest BCUT2D eigenvalue weighted by Gasteiger charge is -2.15. The summed E-state index contributed by atoms with van der Waals surface area (Å²) in [5.41, 5.74) is 0.987. The molecule has 0 unspecified atom stereocenters. The molecule has 0 spiro atoms. The van der Waals surface area contributed by atoms with Crippen LogP contribution in [-0.2, 0) is 4.79 Å². The molecule has 0 aliphatic carbocycles. The maximum absolute atomic E-state index is 13.0. The normalized spacial score (nSPS) is 12.0. The van der Waals surface area contributed by atoms with E-state index in [1.807, 2.05) is 36.4 Å². The fourth-order valence-electron chi connectivity index (χ4n) is 2.66. The topological polar surface area (TPSA) is 106 Å². The highest BCUT2D eigenvalue weighted by Gasteiger charge is 2.21. The Balaban J connectivity index is 1.70. The van der Waals surface area contributed by atoms with Gasteiger partial charge in [0.25, 0.3) is 5.56 Å². The van der Waals surface area contributed by atoms with Crippen molar-refractivity contribution in [2.24, 2.45) is 0 Å². The van der Waals surface area contributed by atoms with Crippen LogP contribution in [0.1, 0.15) is 6.92 Å². The van der Waals surface area contributed by atoms with E-state index in [9.17, 15) is 9.59 Å². The van der Waals surface area contributed by atoms with Gasteiger partial charge in [0, 0.05) is 5.69 Å². The zero-order valence-corrected chi connectivity index (χ0v) is 15.7.